The number of hydrogen-bond acceptors (Lipinski definition) is 6. The van der Waals surface area contributed by atoms with Crippen molar-refractivity contribution in [1.29, 1.82) is 0 Å². The highest BCUT2D eigenvalue weighted by molar-refractivity contribution is 8.00. The molecule has 1 atom stereocenters. The molecule has 0 spiro atoms. The van der Waals surface area contributed by atoms with Gasteiger partial charge in [-0.3, -0.25) is 0 Å². The predicted octanol–water partition coefficient (Wildman–Crippen LogP) is 1.32. The summed E-state index contributed by atoms with van der Waals surface area (Å²) in [5, 5.41) is 3.70. The Morgan fingerprint density at radius 2 is 2.06 bits per heavy atom. The average Bonchev–Trinajstić information content (AvgIpc) is 2.31. The molecule has 1 unspecified atom stereocenters. The van der Waals surface area contributed by atoms with Crippen LogP contribution < -0.4 is 0 Å². The Kier molecular flexibility index (Phi) is 9.03. The van der Waals surface area contributed by atoms with Crippen LogP contribution in [0.1, 0.15) is 13.3 Å². The maximum atomic E-state index is 11.5. The van der Waals surface area contributed by atoms with Crippen LogP contribution in [0.25, 0.3) is 0 Å². The number of carbonyl (C=O) groups excluding carboxylic acids is 1. The fourth-order valence-corrected chi connectivity index (χ4v) is 2.17. The molecule has 16 heavy (non-hydrogen) atoms. The second-order valence-corrected chi connectivity index (χ2v) is 4.22. The zero-order valence-electron chi connectivity index (χ0n) is 10.2. The summed E-state index contributed by atoms with van der Waals surface area (Å²) in [6.45, 7) is 2.63. The average molecular weight is 249 g/mol. The Morgan fingerprint density at radius 3 is 2.50 bits per heavy atom. The molecular formula is C10H19NO4S. The number of carbonyl (C=O) groups is 1. The minimum Gasteiger partial charge on any atom is -0.464 e. The van der Waals surface area contributed by atoms with Crippen LogP contribution in [0.5, 0.6) is 0 Å². The molecule has 0 aromatic heterocycles. The molecule has 0 radical (unpaired) electrons. The zero-order chi connectivity index (χ0) is 12.4. The van der Waals surface area contributed by atoms with E-state index < -0.39 is 5.97 Å². The second kappa shape index (κ2) is 9.47. The summed E-state index contributed by atoms with van der Waals surface area (Å²) in [4.78, 5) is 16.1. The lowest BCUT2D eigenvalue weighted by atomic mass is 10.2. The Hall–Kier alpha value is -0.750. The van der Waals surface area contributed by atoms with Crippen LogP contribution >= 0.6 is 11.8 Å². The van der Waals surface area contributed by atoms with Gasteiger partial charge >= 0.3 is 5.97 Å². The minimum atomic E-state index is -0.446. The molecule has 0 N–H and O–H groups in total. The van der Waals surface area contributed by atoms with Gasteiger partial charge in [0, 0.05) is 12.9 Å². The Labute approximate surface area is 100 Å². The molecule has 0 aliphatic rings. The van der Waals surface area contributed by atoms with Gasteiger partial charge in [-0.25, -0.2) is 4.79 Å². The lowest BCUT2D eigenvalue weighted by Gasteiger charge is -2.14. The first kappa shape index (κ1) is 15.2. The number of esters is 1. The van der Waals surface area contributed by atoms with Crippen molar-refractivity contribution < 1.29 is 19.1 Å². The van der Waals surface area contributed by atoms with Gasteiger partial charge in [0.1, 0.15) is 7.11 Å². The number of rotatable bonds is 8. The molecule has 0 aromatic rings. The summed E-state index contributed by atoms with van der Waals surface area (Å²) in [5.74, 6) is 0.355. The summed E-state index contributed by atoms with van der Waals surface area (Å²) in [7, 11) is 4.39. The lowest BCUT2D eigenvalue weighted by Crippen LogP contribution is -2.28. The van der Waals surface area contributed by atoms with Crippen LogP contribution in [0.4, 0.5) is 0 Å². The summed E-state index contributed by atoms with van der Waals surface area (Å²) in [6, 6.07) is 0. The molecule has 94 valence electrons. The summed E-state index contributed by atoms with van der Waals surface area (Å²) in [6.07, 6.45) is 0.783. The molecule has 0 rings (SSSR count). The van der Waals surface area contributed by atoms with Crippen molar-refractivity contribution in [2.24, 2.45) is 5.16 Å². The largest absolute Gasteiger partial charge is 0.464 e. The smallest absolute Gasteiger partial charge is 0.357 e. The van der Waals surface area contributed by atoms with Crippen molar-refractivity contribution in [2.75, 3.05) is 33.7 Å². The molecule has 5 nitrogen and oxygen atoms in total. The van der Waals surface area contributed by atoms with Crippen LogP contribution in [-0.2, 0) is 19.1 Å². The van der Waals surface area contributed by atoms with E-state index in [2.05, 4.69) is 14.7 Å². The third-order valence-corrected chi connectivity index (χ3v) is 3.23. The van der Waals surface area contributed by atoms with Crippen LogP contribution in [0.3, 0.4) is 0 Å². The second-order valence-electron chi connectivity index (χ2n) is 2.91. The number of methoxy groups -OCH3 is 2. The SMILES string of the molecule is CCC(SCCOC)C(=NOC)C(=O)OC. The standard InChI is InChI=1S/C10H19NO4S/c1-5-8(16-7-6-13-2)9(11-15-4)10(12)14-3/h8H,5-7H2,1-4H3. The van der Waals surface area contributed by atoms with E-state index in [0.29, 0.717) is 12.3 Å². The van der Waals surface area contributed by atoms with Crippen molar-refractivity contribution in [3.8, 4) is 0 Å². The molecule has 0 saturated heterocycles. The van der Waals surface area contributed by atoms with E-state index in [1.807, 2.05) is 6.92 Å². The fourth-order valence-electron chi connectivity index (χ4n) is 1.09. The highest BCUT2D eigenvalue weighted by Gasteiger charge is 2.23. The molecule has 0 aliphatic heterocycles. The third kappa shape index (κ3) is 5.37. The lowest BCUT2D eigenvalue weighted by molar-refractivity contribution is -0.133. The van der Waals surface area contributed by atoms with Crippen molar-refractivity contribution in [1.82, 2.24) is 0 Å². The molecule has 0 aliphatic carbocycles. The minimum absolute atomic E-state index is 0.0254. The van der Waals surface area contributed by atoms with E-state index >= 15 is 0 Å². The van der Waals surface area contributed by atoms with Gasteiger partial charge in [-0.1, -0.05) is 12.1 Å². The third-order valence-electron chi connectivity index (χ3n) is 1.87. The molecule has 0 bridgehead atoms. The molecule has 0 amide bonds. The van der Waals surface area contributed by atoms with E-state index in [1.165, 1.54) is 14.2 Å². The van der Waals surface area contributed by atoms with Gasteiger partial charge < -0.3 is 14.3 Å². The number of oxime groups is 1. The van der Waals surface area contributed by atoms with Gasteiger partial charge in [0.05, 0.1) is 19.0 Å². The number of thioether (sulfide) groups is 1. The Balaban J connectivity index is 4.46. The molecule has 6 heteroatoms. The Bertz CT molecular complexity index is 233. The van der Waals surface area contributed by atoms with Crippen molar-refractivity contribution in [2.45, 2.75) is 18.6 Å². The van der Waals surface area contributed by atoms with Gasteiger partial charge in [0.15, 0.2) is 5.71 Å². The maximum Gasteiger partial charge on any atom is 0.357 e. The molecule has 0 heterocycles. The predicted molar refractivity (Wildman–Crippen MR) is 64.9 cm³/mol. The quantitative estimate of drug-likeness (QED) is 0.281. The van der Waals surface area contributed by atoms with Gasteiger partial charge in [0.2, 0.25) is 0 Å². The number of ether oxygens (including phenoxy) is 2. The first-order valence-corrected chi connectivity index (χ1v) is 6.06. The molecule has 0 aromatic carbocycles. The summed E-state index contributed by atoms with van der Waals surface area (Å²) < 4.78 is 9.61. The maximum absolute atomic E-state index is 11.5. The van der Waals surface area contributed by atoms with E-state index in [9.17, 15) is 4.79 Å². The van der Waals surface area contributed by atoms with E-state index in [4.69, 9.17) is 4.74 Å². The number of nitrogens with zero attached hydrogens (tertiary/aromatic N) is 1. The van der Waals surface area contributed by atoms with Gasteiger partial charge in [-0.05, 0) is 6.42 Å². The highest BCUT2D eigenvalue weighted by Crippen LogP contribution is 2.17. The van der Waals surface area contributed by atoms with Crippen LogP contribution in [0.15, 0.2) is 5.16 Å². The van der Waals surface area contributed by atoms with Crippen molar-refractivity contribution in [3.63, 3.8) is 0 Å². The van der Waals surface area contributed by atoms with Crippen molar-refractivity contribution >= 4 is 23.4 Å². The Morgan fingerprint density at radius 1 is 1.38 bits per heavy atom. The first-order chi connectivity index (χ1) is 7.71. The molecular weight excluding hydrogens is 230 g/mol. The van der Waals surface area contributed by atoms with Crippen molar-refractivity contribution in [3.05, 3.63) is 0 Å². The van der Waals surface area contributed by atoms with E-state index in [0.717, 1.165) is 12.2 Å². The van der Waals surface area contributed by atoms with E-state index in [-0.39, 0.29) is 5.25 Å². The molecule has 0 saturated carbocycles. The van der Waals surface area contributed by atoms with Crippen LogP contribution in [0.2, 0.25) is 0 Å². The van der Waals surface area contributed by atoms with Crippen LogP contribution in [0, 0.1) is 0 Å². The fraction of sp³-hybridized carbons (Fsp3) is 0.800. The zero-order valence-corrected chi connectivity index (χ0v) is 11.0. The topological polar surface area (TPSA) is 57.1 Å². The van der Waals surface area contributed by atoms with Gasteiger partial charge in [-0.2, -0.15) is 0 Å². The first-order valence-electron chi connectivity index (χ1n) is 5.01. The summed E-state index contributed by atoms with van der Waals surface area (Å²) >= 11 is 1.60. The monoisotopic (exact) mass is 249 g/mol. The van der Waals surface area contributed by atoms with Gasteiger partial charge in [-0.15, -0.1) is 11.8 Å². The van der Waals surface area contributed by atoms with Crippen LogP contribution in [-0.4, -0.2) is 50.6 Å². The molecule has 0 fully saturated rings. The number of hydrogen-bond donors (Lipinski definition) is 0. The highest BCUT2D eigenvalue weighted by atomic mass is 32.2. The summed E-state index contributed by atoms with van der Waals surface area (Å²) in [5.41, 5.74) is 0.314. The normalized spacial score (nSPS) is 13.4. The van der Waals surface area contributed by atoms with Gasteiger partial charge in [0.25, 0.3) is 0 Å². The van der Waals surface area contributed by atoms with E-state index in [1.54, 1.807) is 18.9 Å².